The third kappa shape index (κ3) is 9.21. The molecule has 0 spiro atoms. The van der Waals surface area contributed by atoms with E-state index in [1.807, 2.05) is 88.5 Å². The van der Waals surface area contributed by atoms with Crippen LogP contribution in [-0.4, -0.2) is 19.6 Å². The van der Waals surface area contributed by atoms with Gasteiger partial charge < -0.3 is 5.11 Å². The first-order valence-corrected chi connectivity index (χ1v) is 23.9. The van der Waals surface area contributed by atoms with Crippen LogP contribution in [0.1, 0.15) is 128 Å². The number of halogens is 2. The largest absolute Gasteiger partial charge is 0.507 e. The van der Waals surface area contributed by atoms with E-state index < -0.39 is 11.6 Å². The summed E-state index contributed by atoms with van der Waals surface area (Å²) in [5.41, 5.74) is 13.3. The minimum Gasteiger partial charge on any atom is -0.507 e. The summed E-state index contributed by atoms with van der Waals surface area (Å²) in [5.74, 6) is -0.814. The van der Waals surface area contributed by atoms with Crippen LogP contribution in [0.25, 0.3) is 83.5 Å². The van der Waals surface area contributed by atoms with Gasteiger partial charge in [0.05, 0.1) is 22.3 Å². The van der Waals surface area contributed by atoms with E-state index in [-0.39, 0.29) is 55.9 Å². The van der Waals surface area contributed by atoms with Crippen molar-refractivity contribution >= 4 is 21.8 Å². The third-order valence-corrected chi connectivity index (χ3v) is 13.3. The zero-order valence-corrected chi connectivity index (χ0v) is 43.6. The molecule has 0 radical (unpaired) electrons. The topological polar surface area (TPSA) is 50.9 Å². The van der Waals surface area contributed by atoms with Crippen LogP contribution < -0.4 is 0 Å². The summed E-state index contributed by atoms with van der Waals surface area (Å²) in [6, 6.07) is 46.0. The summed E-state index contributed by atoms with van der Waals surface area (Å²) in [6.07, 6.45) is 1.84. The Hall–Kier alpha value is -6.23. The Morgan fingerprint density at radius 2 is 1.17 bits per heavy atom. The van der Waals surface area contributed by atoms with Gasteiger partial charge in [0.15, 0.2) is 0 Å². The zero-order chi connectivity index (χ0) is 48.3. The predicted molar refractivity (Wildman–Crippen MR) is 279 cm³/mol. The van der Waals surface area contributed by atoms with Crippen LogP contribution in [0.15, 0.2) is 134 Å². The Balaban J connectivity index is 0.00000642. The molecule has 4 nitrogen and oxygen atoms in total. The maximum Gasteiger partial charge on any atom is 0.148 e. The number of nitrogens with zero attached hydrogens (tertiary/aromatic N) is 3. The molecular formula is C62H60F2N3OPt-. The number of phenolic OH excluding ortho intramolecular Hbond substituents is 1. The molecule has 0 aliphatic heterocycles. The van der Waals surface area contributed by atoms with E-state index in [2.05, 4.69) is 120 Å². The Bertz CT molecular complexity index is 3320. The molecule has 1 N–H and O–H groups in total. The second kappa shape index (κ2) is 19.3. The van der Waals surface area contributed by atoms with E-state index in [0.29, 0.717) is 39.2 Å². The van der Waals surface area contributed by atoms with Crippen molar-refractivity contribution in [2.24, 2.45) is 0 Å². The molecule has 0 saturated carbocycles. The van der Waals surface area contributed by atoms with Crippen molar-refractivity contribution in [2.45, 2.75) is 105 Å². The van der Waals surface area contributed by atoms with Crippen LogP contribution in [-0.2, 0) is 26.5 Å². The van der Waals surface area contributed by atoms with Crippen molar-refractivity contribution in [3.05, 3.63) is 179 Å². The molecule has 0 atom stereocenters. The van der Waals surface area contributed by atoms with E-state index in [9.17, 15) is 5.11 Å². The van der Waals surface area contributed by atoms with E-state index >= 15 is 8.78 Å². The summed E-state index contributed by atoms with van der Waals surface area (Å²) in [7, 11) is 0. The quantitative estimate of drug-likeness (QED) is 0.139. The molecule has 7 aromatic carbocycles. The Morgan fingerprint density at radius 1 is 0.580 bits per heavy atom. The molecule has 0 bridgehead atoms. The van der Waals surface area contributed by atoms with Crippen molar-refractivity contribution < 1.29 is 35.0 Å². The Kier molecular flexibility index (Phi) is 13.7. The number of benzene rings is 7. The van der Waals surface area contributed by atoms with Crippen LogP contribution >= 0.6 is 0 Å². The second-order valence-electron chi connectivity index (χ2n) is 20.6. The van der Waals surface area contributed by atoms with Crippen molar-refractivity contribution in [1.29, 1.82) is 0 Å². The van der Waals surface area contributed by atoms with Gasteiger partial charge in [0, 0.05) is 39.0 Å². The van der Waals surface area contributed by atoms with E-state index in [1.165, 1.54) is 0 Å². The van der Waals surface area contributed by atoms with Crippen LogP contribution in [0.2, 0.25) is 0 Å². The molecule has 0 unspecified atom stereocenters. The fourth-order valence-electron chi connectivity index (χ4n) is 9.88. The number of para-hydroxylation sites is 1. The second-order valence-corrected chi connectivity index (χ2v) is 20.6. The minimum absolute atomic E-state index is 0. The van der Waals surface area contributed by atoms with Gasteiger partial charge in [-0.2, -0.15) is 0 Å². The molecule has 0 aliphatic rings. The van der Waals surface area contributed by atoms with Gasteiger partial charge in [0.1, 0.15) is 23.2 Å². The van der Waals surface area contributed by atoms with Crippen LogP contribution in [0.4, 0.5) is 8.78 Å². The van der Waals surface area contributed by atoms with Gasteiger partial charge in [-0.25, -0.2) is 13.8 Å². The zero-order valence-electron chi connectivity index (χ0n) is 41.4. The average Bonchev–Trinajstić information content (AvgIpc) is 3.68. The van der Waals surface area contributed by atoms with Crippen molar-refractivity contribution in [3.63, 3.8) is 0 Å². The predicted octanol–water partition coefficient (Wildman–Crippen LogP) is 17.5. The number of pyridine rings is 1. The van der Waals surface area contributed by atoms with Gasteiger partial charge in [-0.15, -0.1) is 29.3 Å². The smallest absolute Gasteiger partial charge is 0.148 e. The van der Waals surface area contributed by atoms with E-state index in [1.54, 1.807) is 6.07 Å². The first kappa shape index (κ1) is 49.2. The van der Waals surface area contributed by atoms with Crippen LogP contribution in [0.3, 0.4) is 0 Å². The van der Waals surface area contributed by atoms with E-state index in [4.69, 9.17) is 9.97 Å². The fraction of sp³-hybridized carbons (Fsp3) is 0.258. The summed E-state index contributed by atoms with van der Waals surface area (Å²) in [6.45, 7) is 23.2. The van der Waals surface area contributed by atoms with Gasteiger partial charge in [-0.1, -0.05) is 172 Å². The van der Waals surface area contributed by atoms with Gasteiger partial charge in [-0.3, -0.25) is 9.55 Å². The van der Waals surface area contributed by atoms with Gasteiger partial charge in [0.25, 0.3) is 0 Å². The standard InChI is InChI=1S/C62H60F2N3O.Pt/c1-35(2)47-22-17-23-48(36(3)4)60(47)67-54-32-45(58-56(37(5)6)51(63)34-52(64)57(58)38(7)8)30-49(59(54)66-61(67)50-29-40-20-15-16-21-41(40)33-55(50)68)43-26-44(28-46(27-43)62(9,10)11)53-31-42(24-25-65-53)39-18-13-12-14-19-39;/h12-25,27-38,68H,1-11H3;/q-1;. The number of hydrogen-bond donors (Lipinski definition) is 1. The SMILES string of the molecule is CC(C)c1cccc(C(C)C)c1-n1c(-c2cc3ccccc3cc2O)nc2c(-c3[c-]c(-c4cc(-c5ccccc5)ccn4)cc(C(C)(C)C)c3)cc(-c3c(C(C)C)c(F)cc(F)c3C(C)C)cc21.[Pt]. The molecule has 2 aromatic heterocycles. The number of aromatic nitrogens is 3. The summed E-state index contributed by atoms with van der Waals surface area (Å²) < 4.78 is 35.3. The monoisotopic (exact) mass is 1100 g/mol. The molecule has 0 fully saturated rings. The minimum atomic E-state index is -0.575. The first-order valence-electron chi connectivity index (χ1n) is 23.9. The third-order valence-electron chi connectivity index (χ3n) is 13.3. The maximum absolute atomic E-state index is 16.5. The molecule has 0 amide bonds. The molecule has 9 aromatic rings. The van der Waals surface area contributed by atoms with Crippen molar-refractivity contribution in [1.82, 2.24) is 14.5 Å². The van der Waals surface area contributed by atoms with Gasteiger partial charge in [-0.05, 0) is 109 Å². The molecule has 354 valence electrons. The van der Waals surface area contributed by atoms with Crippen molar-refractivity contribution in [3.8, 4) is 67.5 Å². The number of fused-ring (bicyclic) bond motifs is 2. The van der Waals surface area contributed by atoms with Gasteiger partial charge >= 0.3 is 0 Å². The maximum atomic E-state index is 16.5. The van der Waals surface area contributed by atoms with E-state index in [0.717, 1.165) is 78.2 Å². The molecule has 2 heterocycles. The van der Waals surface area contributed by atoms with Crippen LogP contribution in [0.5, 0.6) is 5.75 Å². The number of rotatable bonds is 10. The molecule has 0 aliphatic carbocycles. The Morgan fingerprint density at radius 3 is 1.77 bits per heavy atom. The molecule has 0 saturated heterocycles. The van der Waals surface area contributed by atoms with Crippen molar-refractivity contribution in [2.75, 3.05) is 0 Å². The average molecular weight is 1100 g/mol. The summed E-state index contributed by atoms with van der Waals surface area (Å²) >= 11 is 0. The fourth-order valence-corrected chi connectivity index (χ4v) is 9.88. The van der Waals surface area contributed by atoms with Crippen LogP contribution in [0, 0.1) is 17.7 Å². The number of hydrogen-bond acceptors (Lipinski definition) is 3. The molecule has 7 heteroatoms. The van der Waals surface area contributed by atoms with Gasteiger partial charge in [0.2, 0.25) is 0 Å². The number of aromatic hydroxyl groups is 1. The molecular weight excluding hydrogens is 1040 g/mol. The summed E-state index contributed by atoms with van der Waals surface area (Å²) in [4.78, 5) is 10.6. The first-order chi connectivity index (χ1) is 32.4. The number of imidazole rings is 1. The number of phenols is 1. The molecule has 9 rings (SSSR count). The molecule has 69 heavy (non-hydrogen) atoms. The Labute approximate surface area is 420 Å². The summed E-state index contributed by atoms with van der Waals surface area (Å²) in [5, 5.41) is 14.0. The normalized spacial score (nSPS) is 12.0.